The highest BCUT2D eigenvalue weighted by molar-refractivity contribution is 5.29. The van der Waals surface area contributed by atoms with Crippen LogP contribution < -0.4 is 10.1 Å². The van der Waals surface area contributed by atoms with Gasteiger partial charge in [-0.1, -0.05) is 27.2 Å². The van der Waals surface area contributed by atoms with Crippen LogP contribution >= 0.6 is 0 Å². The highest BCUT2D eigenvalue weighted by Crippen LogP contribution is 2.16. The van der Waals surface area contributed by atoms with Crippen molar-refractivity contribution in [1.29, 1.82) is 0 Å². The van der Waals surface area contributed by atoms with E-state index < -0.39 is 0 Å². The van der Waals surface area contributed by atoms with Crippen LogP contribution in [0, 0.1) is 5.92 Å². The van der Waals surface area contributed by atoms with E-state index in [1.165, 1.54) is 5.56 Å². The molecule has 0 bridgehead atoms. The molecule has 1 aromatic heterocycles. The number of pyridine rings is 1. The van der Waals surface area contributed by atoms with Crippen LogP contribution in [0.15, 0.2) is 18.5 Å². The summed E-state index contributed by atoms with van der Waals surface area (Å²) in [6, 6.07) is 2.02. The molecule has 3 nitrogen and oxygen atoms in total. The van der Waals surface area contributed by atoms with Crippen molar-refractivity contribution in [1.82, 2.24) is 10.3 Å². The summed E-state index contributed by atoms with van der Waals surface area (Å²) < 4.78 is 5.73. The Balaban J connectivity index is 2.46. The maximum atomic E-state index is 5.73. The molecule has 3 heteroatoms. The van der Waals surface area contributed by atoms with Crippen LogP contribution in [0.25, 0.3) is 0 Å². The molecule has 1 heterocycles. The topological polar surface area (TPSA) is 34.1 Å². The molecule has 1 N–H and O–H groups in total. The van der Waals surface area contributed by atoms with Crippen molar-refractivity contribution in [3.8, 4) is 5.75 Å². The number of unbranched alkanes of at least 4 members (excludes halogenated alkanes) is 1. The third kappa shape index (κ3) is 5.68. The van der Waals surface area contributed by atoms with Gasteiger partial charge in [-0.3, -0.25) is 4.98 Å². The van der Waals surface area contributed by atoms with Crippen LogP contribution in [0.2, 0.25) is 0 Å². The molecule has 96 valence electrons. The fraction of sp³-hybridized carbons (Fsp3) is 0.643. The first kappa shape index (κ1) is 14.0. The highest BCUT2D eigenvalue weighted by Gasteiger charge is 2.03. The smallest absolute Gasteiger partial charge is 0.142 e. The standard InChI is InChI=1S/C14H24N2O/c1-4-5-8-17-14-11-15-7-6-13(14)10-16-9-12(2)3/h6-7,11-12,16H,4-5,8-10H2,1-3H3. The Bertz CT molecular complexity index is 313. The third-order valence-electron chi connectivity index (χ3n) is 2.49. The van der Waals surface area contributed by atoms with E-state index in [9.17, 15) is 0 Å². The maximum Gasteiger partial charge on any atom is 0.142 e. The van der Waals surface area contributed by atoms with Gasteiger partial charge in [-0.25, -0.2) is 0 Å². The molecule has 0 fully saturated rings. The van der Waals surface area contributed by atoms with E-state index in [2.05, 4.69) is 31.1 Å². The van der Waals surface area contributed by atoms with E-state index in [-0.39, 0.29) is 0 Å². The molecule has 0 aromatic carbocycles. The lowest BCUT2D eigenvalue weighted by molar-refractivity contribution is 0.304. The minimum absolute atomic E-state index is 0.668. The fourth-order valence-electron chi connectivity index (χ4n) is 1.51. The van der Waals surface area contributed by atoms with Gasteiger partial charge in [0.25, 0.3) is 0 Å². The lowest BCUT2D eigenvalue weighted by Gasteiger charge is -2.12. The Morgan fingerprint density at radius 2 is 2.24 bits per heavy atom. The van der Waals surface area contributed by atoms with Crippen LogP contribution in [-0.2, 0) is 6.54 Å². The zero-order valence-electron chi connectivity index (χ0n) is 11.2. The van der Waals surface area contributed by atoms with E-state index in [0.29, 0.717) is 5.92 Å². The summed E-state index contributed by atoms with van der Waals surface area (Å²) in [6.45, 7) is 9.23. The van der Waals surface area contributed by atoms with Gasteiger partial charge in [0.15, 0.2) is 0 Å². The van der Waals surface area contributed by atoms with Gasteiger partial charge in [-0.2, -0.15) is 0 Å². The van der Waals surface area contributed by atoms with Gasteiger partial charge in [0, 0.05) is 18.3 Å². The average Bonchev–Trinajstić information content (AvgIpc) is 2.31. The summed E-state index contributed by atoms with van der Waals surface area (Å²) in [5.41, 5.74) is 1.19. The van der Waals surface area contributed by atoms with Crippen LogP contribution in [0.5, 0.6) is 5.75 Å². The van der Waals surface area contributed by atoms with Gasteiger partial charge in [-0.05, 0) is 24.9 Å². The van der Waals surface area contributed by atoms with Crippen molar-refractivity contribution in [2.24, 2.45) is 5.92 Å². The summed E-state index contributed by atoms with van der Waals surface area (Å²) in [7, 11) is 0. The van der Waals surface area contributed by atoms with Crippen molar-refractivity contribution >= 4 is 0 Å². The van der Waals surface area contributed by atoms with Crippen LogP contribution in [0.4, 0.5) is 0 Å². The van der Waals surface area contributed by atoms with Gasteiger partial charge in [0.05, 0.1) is 12.8 Å². The predicted molar refractivity (Wildman–Crippen MR) is 71.2 cm³/mol. The second-order valence-electron chi connectivity index (χ2n) is 4.71. The first-order chi connectivity index (χ1) is 8.24. The summed E-state index contributed by atoms with van der Waals surface area (Å²) in [5, 5.41) is 3.42. The minimum atomic E-state index is 0.668. The minimum Gasteiger partial charge on any atom is -0.492 e. The molecule has 0 aliphatic rings. The lowest BCUT2D eigenvalue weighted by Crippen LogP contribution is -2.19. The van der Waals surface area contributed by atoms with Crippen molar-refractivity contribution in [2.45, 2.75) is 40.2 Å². The second-order valence-corrected chi connectivity index (χ2v) is 4.71. The third-order valence-corrected chi connectivity index (χ3v) is 2.49. The number of ether oxygens (including phenoxy) is 1. The molecular formula is C14H24N2O. The Labute approximate surface area is 105 Å². The molecule has 1 rings (SSSR count). The number of rotatable bonds is 8. The molecule has 0 unspecified atom stereocenters. The summed E-state index contributed by atoms with van der Waals surface area (Å²) >= 11 is 0. The molecule has 0 aliphatic carbocycles. The van der Waals surface area contributed by atoms with Gasteiger partial charge in [0.1, 0.15) is 5.75 Å². The molecule has 0 saturated carbocycles. The number of nitrogens with one attached hydrogen (secondary N) is 1. The molecule has 17 heavy (non-hydrogen) atoms. The molecule has 0 radical (unpaired) electrons. The largest absolute Gasteiger partial charge is 0.492 e. The SMILES string of the molecule is CCCCOc1cnccc1CNCC(C)C. The van der Waals surface area contributed by atoms with Crippen molar-refractivity contribution in [3.63, 3.8) is 0 Å². The van der Waals surface area contributed by atoms with Crippen molar-refractivity contribution < 1.29 is 4.74 Å². The van der Waals surface area contributed by atoms with Gasteiger partial charge >= 0.3 is 0 Å². The zero-order valence-corrected chi connectivity index (χ0v) is 11.2. The first-order valence-electron chi connectivity index (χ1n) is 6.50. The summed E-state index contributed by atoms with van der Waals surface area (Å²) in [6.07, 6.45) is 5.87. The van der Waals surface area contributed by atoms with Gasteiger partial charge in [0.2, 0.25) is 0 Å². The van der Waals surface area contributed by atoms with Crippen LogP contribution in [0.1, 0.15) is 39.2 Å². The molecule has 0 atom stereocenters. The monoisotopic (exact) mass is 236 g/mol. The van der Waals surface area contributed by atoms with Crippen molar-refractivity contribution in [3.05, 3.63) is 24.0 Å². The fourth-order valence-corrected chi connectivity index (χ4v) is 1.51. The molecule has 0 amide bonds. The number of hydrogen-bond donors (Lipinski definition) is 1. The van der Waals surface area contributed by atoms with E-state index in [4.69, 9.17) is 4.74 Å². The molecule has 0 aliphatic heterocycles. The Hall–Kier alpha value is -1.09. The van der Waals surface area contributed by atoms with Crippen molar-refractivity contribution in [2.75, 3.05) is 13.2 Å². The quantitative estimate of drug-likeness (QED) is 0.705. The Morgan fingerprint density at radius 3 is 2.94 bits per heavy atom. The maximum absolute atomic E-state index is 5.73. The van der Waals surface area contributed by atoms with Gasteiger partial charge in [-0.15, -0.1) is 0 Å². The Morgan fingerprint density at radius 1 is 1.41 bits per heavy atom. The molecular weight excluding hydrogens is 212 g/mol. The Kier molecular flexibility index (Phi) is 6.63. The predicted octanol–water partition coefficient (Wildman–Crippen LogP) is 3.01. The lowest BCUT2D eigenvalue weighted by atomic mass is 10.2. The summed E-state index contributed by atoms with van der Waals surface area (Å²) in [5.74, 6) is 1.58. The first-order valence-corrected chi connectivity index (χ1v) is 6.50. The highest BCUT2D eigenvalue weighted by atomic mass is 16.5. The average molecular weight is 236 g/mol. The zero-order chi connectivity index (χ0) is 12.5. The van der Waals surface area contributed by atoms with Gasteiger partial charge < -0.3 is 10.1 Å². The van der Waals surface area contributed by atoms with E-state index >= 15 is 0 Å². The number of nitrogens with zero attached hydrogens (tertiary/aromatic N) is 1. The normalized spacial score (nSPS) is 10.8. The van der Waals surface area contributed by atoms with E-state index in [1.807, 2.05) is 18.5 Å². The molecule has 0 spiro atoms. The van der Waals surface area contributed by atoms with Crippen LogP contribution in [-0.4, -0.2) is 18.1 Å². The second kappa shape index (κ2) is 8.07. The van der Waals surface area contributed by atoms with E-state index in [0.717, 1.165) is 38.3 Å². The molecule has 1 aromatic rings. The number of aromatic nitrogens is 1. The molecule has 0 saturated heterocycles. The summed E-state index contributed by atoms with van der Waals surface area (Å²) in [4.78, 5) is 4.11. The van der Waals surface area contributed by atoms with E-state index in [1.54, 1.807) is 0 Å². The van der Waals surface area contributed by atoms with Crippen LogP contribution in [0.3, 0.4) is 0 Å². The number of hydrogen-bond acceptors (Lipinski definition) is 3.